The average molecular weight is 526 g/mol. The predicted molar refractivity (Wildman–Crippen MR) is 146 cm³/mol. The lowest BCUT2D eigenvalue weighted by Gasteiger charge is -2.41. The maximum atomic E-state index is 13.3. The second-order valence-electron chi connectivity index (χ2n) is 11.6. The number of nitrogens with one attached hydrogen (secondary N) is 1. The maximum Gasteiger partial charge on any atom is 0.407 e. The van der Waals surface area contributed by atoms with Crippen molar-refractivity contribution in [1.29, 1.82) is 0 Å². The van der Waals surface area contributed by atoms with E-state index in [0.717, 1.165) is 53.6 Å². The fourth-order valence-corrected chi connectivity index (χ4v) is 6.61. The molecular weight excluding hydrogens is 486 g/mol. The Kier molecular flexibility index (Phi) is 7.61. The van der Waals surface area contributed by atoms with Crippen molar-refractivity contribution in [2.24, 2.45) is 0 Å². The molecule has 200 valence electrons. The van der Waals surface area contributed by atoms with Crippen LogP contribution in [0.25, 0.3) is 10.4 Å². The first-order chi connectivity index (χ1) is 17.7. The largest absolute Gasteiger partial charge is 0.444 e. The number of amides is 2. The minimum atomic E-state index is -0.538. The summed E-state index contributed by atoms with van der Waals surface area (Å²) in [5.74, 6) is 0.661. The van der Waals surface area contributed by atoms with E-state index in [2.05, 4.69) is 40.5 Å². The molecule has 7 nitrogen and oxygen atoms in total. The Labute approximate surface area is 224 Å². The minimum Gasteiger partial charge on any atom is -0.444 e. The monoisotopic (exact) mass is 525 g/mol. The van der Waals surface area contributed by atoms with E-state index >= 15 is 0 Å². The number of nitrogens with zero attached hydrogens (tertiary/aromatic N) is 2. The molecule has 0 radical (unpaired) electrons. The van der Waals surface area contributed by atoms with Gasteiger partial charge in [-0.3, -0.25) is 9.69 Å². The van der Waals surface area contributed by atoms with Crippen LogP contribution in [0.3, 0.4) is 0 Å². The molecule has 5 rings (SSSR count). The van der Waals surface area contributed by atoms with Gasteiger partial charge in [0.25, 0.3) is 5.91 Å². The fraction of sp³-hybridized carbons (Fsp3) is 0.586. The highest BCUT2D eigenvalue weighted by Crippen LogP contribution is 2.35. The van der Waals surface area contributed by atoms with Gasteiger partial charge >= 0.3 is 6.09 Å². The standard InChI is InChI=1S/C29H39N3O4S/c1-19-15-25(22-7-5-20(6-8-22)21-9-12-31(13-10-21)24-17-35-18-24)37-26(19)27(33)32-14-11-23(16-32)30-28(34)36-29(2,3)4/h5-8,15,21,23-24H,9-14,16-18H2,1-4H3,(H,30,34)/t23-/m0/s1. The van der Waals surface area contributed by atoms with Crippen molar-refractivity contribution in [3.8, 4) is 10.4 Å². The Morgan fingerprint density at radius 3 is 2.38 bits per heavy atom. The second kappa shape index (κ2) is 10.8. The number of likely N-dealkylation sites (tertiary alicyclic amines) is 2. The van der Waals surface area contributed by atoms with Crippen molar-refractivity contribution in [2.75, 3.05) is 39.4 Å². The lowest BCUT2D eigenvalue weighted by Crippen LogP contribution is -2.51. The van der Waals surface area contributed by atoms with Gasteiger partial charge < -0.3 is 19.7 Å². The van der Waals surface area contributed by atoms with Gasteiger partial charge in [-0.1, -0.05) is 24.3 Å². The quantitative estimate of drug-likeness (QED) is 0.592. The number of alkyl carbamates (subject to hydrolysis) is 1. The van der Waals surface area contributed by atoms with E-state index in [1.54, 1.807) is 11.3 Å². The first-order valence-corrected chi connectivity index (χ1v) is 14.3. The SMILES string of the molecule is Cc1cc(-c2ccc(C3CCN(C4COC4)CC3)cc2)sc1C(=O)N1CC[C@H](NC(=O)OC(C)(C)C)C1. The highest BCUT2D eigenvalue weighted by Gasteiger charge is 2.32. The van der Waals surface area contributed by atoms with Crippen LogP contribution in [0.5, 0.6) is 0 Å². The molecule has 2 aromatic rings. The van der Waals surface area contributed by atoms with E-state index in [1.165, 1.54) is 18.4 Å². The van der Waals surface area contributed by atoms with Crippen molar-refractivity contribution < 1.29 is 19.1 Å². The van der Waals surface area contributed by atoms with Crippen LogP contribution in [0.1, 0.15) is 66.8 Å². The number of ether oxygens (including phenoxy) is 2. The Hall–Kier alpha value is -2.42. The van der Waals surface area contributed by atoms with Crippen LogP contribution >= 0.6 is 11.3 Å². The first-order valence-electron chi connectivity index (χ1n) is 13.5. The third-order valence-electron chi connectivity index (χ3n) is 7.64. The predicted octanol–water partition coefficient (Wildman–Crippen LogP) is 5.04. The molecule has 37 heavy (non-hydrogen) atoms. The number of hydrogen-bond acceptors (Lipinski definition) is 6. The summed E-state index contributed by atoms with van der Waals surface area (Å²) in [4.78, 5) is 31.8. The molecule has 1 aromatic heterocycles. The van der Waals surface area contributed by atoms with Gasteiger partial charge in [-0.2, -0.15) is 0 Å². The van der Waals surface area contributed by atoms with Gasteiger partial charge in [-0.05, 0) is 88.7 Å². The van der Waals surface area contributed by atoms with Gasteiger partial charge in [0.1, 0.15) is 5.60 Å². The van der Waals surface area contributed by atoms with Crippen LogP contribution < -0.4 is 5.32 Å². The van der Waals surface area contributed by atoms with E-state index < -0.39 is 11.7 Å². The molecule has 8 heteroatoms. The number of carbonyl (C=O) groups excluding carboxylic acids is 2. The summed E-state index contributed by atoms with van der Waals surface area (Å²) in [6.07, 6.45) is 2.71. The third kappa shape index (κ3) is 6.19. The fourth-order valence-electron chi connectivity index (χ4n) is 5.47. The molecule has 1 atom stereocenters. The Bertz CT molecular complexity index is 1110. The molecule has 3 saturated heterocycles. The number of hydrogen-bond donors (Lipinski definition) is 1. The molecule has 0 unspecified atom stereocenters. The van der Waals surface area contributed by atoms with E-state index in [9.17, 15) is 9.59 Å². The van der Waals surface area contributed by atoms with E-state index in [-0.39, 0.29) is 11.9 Å². The molecule has 4 heterocycles. The summed E-state index contributed by atoms with van der Waals surface area (Å²) in [5.41, 5.74) is 3.04. The summed E-state index contributed by atoms with van der Waals surface area (Å²) in [7, 11) is 0. The molecule has 3 fully saturated rings. The molecule has 0 bridgehead atoms. The lowest BCUT2D eigenvalue weighted by molar-refractivity contribution is -0.0712. The zero-order valence-electron chi connectivity index (χ0n) is 22.4. The van der Waals surface area contributed by atoms with Crippen molar-refractivity contribution in [3.63, 3.8) is 0 Å². The minimum absolute atomic E-state index is 0.0440. The van der Waals surface area contributed by atoms with E-state index in [1.807, 2.05) is 32.6 Å². The summed E-state index contributed by atoms with van der Waals surface area (Å²) in [6, 6.07) is 11.6. The second-order valence-corrected chi connectivity index (χ2v) is 12.7. The summed E-state index contributed by atoms with van der Waals surface area (Å²) >= 11 is 1.56. The molecule has 0 spiro atoms. The number of rotatable bonds is 5. The van der Waals surface area contributed by atoms with Crippen molar-refractivity contribution >= 4 is 23.3 Å². The van der Waals surface area contributed by atoms with E-state index in [4.69, 9.17) is 9.47 Å². The molecular formula is C29H39N3O4S. The maximum absolute atomic E-state index is 13.3. The summed E-state index contributed by atoms with van der Waals surface area (Å²) < 4.78 is 10.7. The van der Waals surface area contributed by atoms with Crippen molar-refractivity contribution in [3.05, 3.63) is 46.3 Å². The van der Waals surface area contributed by atoms with Gasteiger partial charge in [-0.15, -0.1) is 11.3 Å². The van der Waals surface area contributed by atoms with E-state index in [0.29, 0.717) is 25.0 Å². The zero-order chi connectivity index (χ0) is 26.2. The molecule has 2 amide bonds. The topological polar surface area (TPSA) is 71.1 Å². The van der Waals surface area contributed by atoms with Crippen molar-refractivity contribution in [2.45, 2.75) is 70.6 Å². The van der Waals surface area contributed by atoms with Gasteiger partial charge in [0.15, 0.2) is 0 Å². The van der Waals surface area contributed by atoms with Crippen molar-refractivity contribution in [1.82, 2.24) is 15.1 Å². The number of benzene rings is 1. The Morgan fingerprint density at radius 1 is 1.05 bits per heavy atom. The highest BCUT2D eigenvalue weighted by molar-refractivity contribution is 7.17. The smallest absolute Gasteiger partial charge is 0.407 e. The highest BCUT2D eigenvalue weighted by atomic mass is 32.1. The molecule has 3 aliphatic heterocycles. The normalized spacial score (nSPS) is 21.6. The molecule has 1 N–H and O–H groups in total. The molecule has 0 saturated carbocycles. The summed E-state index contributed by atoms with van der Waals surface area (Å²) in [5, 5.41) is 2.90. The van der Waals surface area contributed by atoms with Crippen LogP contribution in [0.15, 0.2) is 30.3 Å². The van der Waals surface area contributed by atoms with Crippen LogP contribution in [0.2, 0.25) is 0 Å². The van der Waals surface area contributed by atoms with Gasteiger partial charge in [-0.25, -0.2) is 4.79 Å². The Morgan fingerprint density at radius 2 is 1.76 bits per heavy atom. The third-order valence-corrected chi connectivity index (χ3v) is 8.92. The molecule has 3 aliphatic rings. The van der Waals surface area contributed by atoms with Crippen LogP contribution in [-0.4, -0.2) is 78.9 Å². The summed E-state index contributed by atoms with van der Waals surface area (Å²) in [6.45, 7) is 12.8. The Balaban J connectivity index is 1.17. The zero-order valence-corrected chi connectivity index (χ0v) is 23.2. The average Bonchev–Trinajstić information content (AvgIpc) is 3.43. The van der Waals surface area contributed by atoms with Crippen LogP contribution in [0, 0.1) is 6.92 Å². The number of thiophene rings is 1. The molecule has 1 aromatic carbocycles. The molecule has 0 aliphatic carbocycles. The number of carbonyl (C=O) groups is 2. The van der Waals surface area contributed by atoms with Gasteiger partial charge in [0.2, 0.25) is 0 Å². The first kappa shape index (κ1) is 26.2. The number of aryl methyl sites for hydroxylation is 1. The number of piperidine rings is 1. The van der Waals surface area contributed by atoms with Gasteiger partial charge in [0.05, 0.1) is 30.2 Å². The van der Waals surface area contributed by atoms with Crippen LogP contribution in [-0.2, 0) is 9.47 Å². The van der Waals surface area contributed by atoms with Gasteiger partial charge in [0, 0.05) is 18.0 Å². The van der Waals surface area contributed by atoms with Crippen LogP contribution in [0.4, 0.5) is 4.79 Å². The lowest BCUT2D eigenvalue weighted by atomic mass is 9.88.